The van der Waals surface area contributed by atoms with E-state index < -0.39 is 0 Å². The molecule has 3 aromatic rings. The molecule has 1 aromatic carbocycles. The smallest absolute Gasteiger partial charge is 0.262 e. The third-order valence-electron chi connectivity index (χ3n) is 4.04. The van der Waals surface area contributed by atoms with E-state index in [1.165, 1.54) is 11.6 Å². The fourth-order valence-electron chi connectivity index (χ4n) is 2.74. The molecule has 26 heavy (non-hydrogen) atoms. The first-order chi connectivity index (χ1) is 12.5. The molecule has 0 aliphatic heterocycles. The third-order valence-corrected chi connectivity index (χ3v) is 4.04. The van der Waals surface area contributed by atoms with Gasteiger partial charge in [-0.25, -0.2) is 9.97 Å². The first kappa shape index (κ1) is 17.4. The number of hydrogen-bond donors (Lipinski definition) is 2. The quantitative estimate of drug-likeness (QED) is 0.548. The molecule has 6 nitrogen and oxygen atoms in total. The molecule has 0 fully saturated rings. The van der Waals surface area contributed by atoms with Crippen molar-refractivity contribution in [3.8, 4) is 5.69 Å². The maximum Gasteiger partial charge on any atom is 0.262 e. The monoisotopic (exact) mass is 347 g/mol. The number of hydrazine groups is 1. The highest BCUT2D eigenvalue weighted by Crippen LogP contribution is 2.22. The number of carbonyl (C=O) groups excluding carboxylic acids is 1. The van der Waals surface area contributed by atoms with E-state index in [0.717, 1.165) is 22.6 Å². The van der Waals surface area contributed by atoms with Crippen molar-refractivity contribution in [2.75, 3.05) is 5.43 Å². The fraction of sp³-hybridized carbons (Fsp3) is 0.150. The van der Waals surface area contributed by atoms with Crippen LogP contribution in [0.2, 0.25) is 0 Å². The van der Waals surface area contributed by atoms with Crippen LogP contribution in [0.3, 0.4) is 0 Å². The van der Waals surface area contributed by atoms with E-state index in [0.29, 0.717) is 5.95 Å². The highest BCUT2D eigenvalue weighted by molar-refractivity contribution is 5.92. The van der Waals surface area contributed by atoms with Gasteiger partial charge < -0.3 is 4.57 Å². The Balaban J connectivity index is 1.71. The molecule has 0 spiro atoms. The van der Waals surface area contributed by atoms with Crippen molar-refractivity contribution in [1.29, 1.82) is 0 Å². The van der Waals surface area contributed by atoms with Gasteiger partial charge in [0.2, 0.25) is 5.95 Å². The summed E-state index contributed by atoms with van der Waals surface area (Å²) < 4.78 is 2.17. The number of benzene rings is 1. The Kier molecular flexibility index (Phi) is 5.12. The molecule has 0 unspecified atom stereocenters. The number of hydrogen-bond acceptors (Lipinski definition) is 4. The van der Waals surface area contributed by atoms with Crippen LogP contribution in [0.1, 0.15) is 22.5 Å². The summed E-state index contributed by atoms with van der Waals surface area (Å²) in [5.41, 5.74) is 10.7. The lowest BCUT2D eigenvalue weighted by Gasteiger charge is -2.09. The Morgan fingerprint density at radius 2 is 1.77 bits per heavy atom. The summed E-state index contributed by atoms with van der Waals surface area (Å²) in [5.74, 6) is 0.0596. The van der Waals surface area contributed by atoms with Gasteiger partial charge in [-0.1, -0.05) is 17.7 Å². The zero-order chi connectivity index (χ0) is 18.5. The predicted molar refractivity (Wildman–Crippen MR) is 103 cm³/mol. The summed E-state index contributed by atoms with van der Waals surface area (Å²) in [7, 11) is 0. The van der Waals surface area contributed by atoms with Gasteiger partial charge in [-0.3, -0.25) is 15.6 Å². The van der Waals surface area contributed by atoms with Crippen LogP contribution >= 0.6 is 0 Å². The standard InChI is InChI=1S/C20H21N5O/c1-14-5-8-18(9-6-14)25-15(2)13-17(16(25)3)7-10-19(26)23-24-20-21-11-4-12-22-20/h4-13H,1-3H3,(H,23,26)(H,21,22,24). The van der Waals surface area contributed by atoms with E-state index >= 15 is 0 Å². The number of anilines is 1. The van der Waals surface area contributed by atoms with Crippen LogP contribution < -0.4 is 10.9 Å². The summed E-state index contributed by atoms with van der Waals surface area (Å²) in [5, 5.41) is 0. The first-order valence-corrected chi connectivity index (χ1v) is 8.31. The van der Waals surface area contributed by atoms with Crippen molar-refractivity contribution in [2.24, 2.45) is 0 Å². The number of nitrogens with one attached hydrogen (secondary N) is 2. The summed E-state index contributed by atoms with van der Waals surface area (Å²) >= 11 is 0. The van der Waals surface area contributed by atoms with E-state index in [-0.39, 0.29) is 5.91 Å². The van der Waals surface area contributed by atoms with Crippen LogP contribution in [0.15, 0.2) is 54.9 Å². The molecule has 2 aromatic heterocycles. The number of aryl methyl sites for hydroxylation is 2. The summed E-state index contributed by atoms with van der Waals surface area (Å²) in [4.78, 5) is 19.9. The Labute approximate surface area is 152 Å². The molecule has 132 valence electrons. The molecule has 0 aliphatic carbocycles. The van der Waals surface area contributed by atoms with Crippen LogP contribution in [0.25, 0.3) is 11.8 Å². The lowest BCUT2D eigenvalue weighted by molar-refractivity contribution is -0.116. The molecule has 0 saturated heterocycles. The molecule has 1 amide bonds. The zero-order valence-electron chi connectivity index (χ0n) is 15.0. The van der Waals surface area contributed by atoms with E-state index in [1.807, 2.05) is 6.92 Å². The second-order valence-corrected chi connectivity index (χ2v) is 6.02. The van der Waals surface area contributed by atoms with Gasteiger partial charge >= 0.3 is 0 Å². The first-order valence-electron chi connectivity index (χ1n) is 8.31. The van der Waals surface area contributed by atoms with Crippen LogP contribution in [0.4, 0.5) is 5.95 Å². The minimum absolute atomic E-state index is 0.280. The Morgan fingerprint density at radius 3 is 2.46 bits per heavy atom. The summed E-state index contributed by atoms with van der Waals surface area (Å²) in [6.45, 7) is 6.17. The van der Waals surface area contributed by atoms with Crippen LogP contribution in [0, 0.1) is 20.8 Å². The SMILES string of the molecule is Cc1ccc(-n2c(C)cc(C=CC(=O)NNc3ncccn3)c2C)cc1. The van der Waals surface area contributed by atoms with Gasteiger partial charge in [0.25, 0.3) is 5.91 Å². The minimum atomic E-state index is -0.280. The lowest BCUT2D eigenvalue weighted by atomic mass is 10.2. The molecule has 0 radical (unpaired) electrons. The van der Waals surface area contributed by atoms with E-state index in [9.17, 15) is 4.79 Å². The summed E-state index contributed by atoms with van der Waals surface area (Å²) in [6.07, 6.45) is 6.47. The van der Waals surface area contributed by atoms with Crippen molar-refractivity contribution >= 4 is 17.9 Å². The topological polar surface area (TPSA) is 71.8 Å². The summed E-state index contributed by atoms with van der Waals surface area (Å²) in [6, 6.07) is 12.1. The average molecular weight is 347 g/mol. The van der Waals surface area contributed by atoms with Crippen LogP contribution in [-0.4, -0.2) is 20.4 Å². The Hall–Kier alpha value is -3.41. The second kappa shape index (κ2) is 7.65. The van der Waals surface area contributed by atoms with Crippen molar-refractivity contribution in [1.82, 2.24) is 20.0 Å². The maximum absolute atomic E-state index is 12.0. The molecular weight excluding hydrogens is 326 g/mol. The van der Waals surface area contributed by atoms with Crippen LogP contribution in [0.5, 0.6) is 0 Å². The van der Waals surface area contributed by atoms with E-state index in [1.54, 1.807) is 24.5 Å². The van der Waals surface area contributed by atoms with Gasteiger partial charge in [-0.2, -0.15) is 0 Å². The Bertz CT molecular complexity index is 927. The van der Waals surface area contributed by atoms with Gasteiger partial charge in [-0.05, 0) is 56.7 Å². The molecule has 0 saturated carbocycles. The molecule has 3 rings (SSSR count). The number of rotatable bonds is 5. The largest absolute Gasteiger partial charge is 0.318 e. The number of carbonyl (C=O) groups is 1. The third kappa shape index (κ3) is 3.97. The van der Waals surface area contributed by atoms with Gasteiger partial charge in [-0.15, -0.1) is 0 Å². The Morgan fingerprint density at radius 1 is 1.08 bits per heavy atom. The molecular formula is C20H21N5O. The van der Waals surface area contributed by atoms with Crippen molar-refractivity contribution < 1.29 is 4.79 Å². The van der Waals surface area contributed by atoms with Gasteiger partial charge in [0.05, 0.1) is 0 Å². The van der Waals surface area contributed by atoms with E-state index in [2.05, 4.69) is 69.6 Å². The van der Waals surface area contributed by atoms with Crippen molar-refractivity contribution in [2.45, 2.75) is 20.8 Å². The van der Waals surface area contributed by atoms with Crippen molar-refractivity contribution in [3.63, 3.8) is 0 Å². The molecule has 0 aliphatic rings. The highest BCUT2D eigenvalue weighted by atomic mass is 16.2. The molecule has 2 heterocycles. The average Bonchev–Trinajstić information content (AvgIpc) is 2.93. The zero-order valence-corrected chi connectivity index (χ0v) is 15.0. The van der Waals surface area contributed by atoms with Gasteiger partial charge in [0, 0.05) is 35.5 Å². The fourth-order valence-corrected chi connectivity index (χ4v) is 2.74. The predicted octanol–water partition coefficient (Wildman–Crippen LogP) is 3.35. The van der Waals surface area contributed by atoms with Crippen LogP contribution in [-0.2, 0) is 4.79 Å². The lowest BCUT2D eigenvalue weighted by Crippen LogP contribution is -2.28. The molecule has 6 heteroatoms. The second-order valence-electron chi connectivity index (χ2n) is 6.02. The highest BCUT2D eigenvalue weighted by Gasteiger charge is 2.09. The minimum Gasteiger partial charge on any atom is -0.318 e. The number of amides is 1. The molecule has 2 N–H and O–H groups in total. The maximum atomic E-state index is 12.0. The number of aromatic nitrogens is 3. The molecule has 0 atom stereocenters. The number of nitrogens with zero attached hydrogens (tertiary/aromatic N) is 3. The van der Waals surface area contributed by atoms with Gasteiger partial charge in [0.1, 0.15) is 0 Å². The van der Waals surface area contributed by atoms with E-state index in [4.69, 9.17) is 0 Å². The van der Waals surface area contributed by atoms with Crippen molar-refractivity contribution in [3.05, 3.63) is 77.4 Å². The molecule has 0 bridgehead atoms. The normalized spacial score (nSPS) is 10.9. The van der Waals surface area contributed by atoms with Gasteiger partial charge in [0.15, 0.2) is 0 Å².